The Kier molecular flexibility index (Phi) is 7.70. The zero-order valence-corrected chi connectivity index (χ0v) is 12.9. The van der Waals surface area contributed by atoms with Crippen LogP contribution in [0.15, 0.2) is 30.3 Å². The molecular formula is C13H17O2S3. The molecule has 2 nitrogen and oxygen atoms in total. The van der Waals surface area contributed by atoms with E-state index in [0.717, 1.165) is 5.56 Å². The summed E-state index contributed by atoms with van der Waals surface area (Å²) in [5.74, 6) is 0.231. The first-order valence-electron chi connectivity index (χ1n) is 5.77. The molecule has 0 saturated heterocycles. The van der Waals surface area contributed by atoms with Crippen LogP contribution in [-0.4, -0.2) is 22.9 Å². The predicted octanol–water partition coefficient (Wildman–Crippen LogP) is 4.26. The van der Waals surface area contributed by atoms with E-state index in [0.29, 0.717) is 12.4 Å². The van der Waals surface area contributed by atoms with E-state index in [9.17, 15) is 4.79 Å². The van der Waals surface area contributed by atoms with Crippen LogP contribution in [0.2, 0.25) is 0 Å². The quantitative estimate of drug-likeness (QED) is 0.555. The summed E-state index contributed by atoms with van der Waals surface area (Å²) in [6.45, 7) is 4.32. The van der Waals surface area contributed by atoms with Crippen LogP contribution < -0.4 is 0 Å². The Morgan fingerprint density at radius 1 is 1.39 bits per heavy atom. The van der Waals surface area contributed by atoms with Gasteiger partial charge in [0.2, 0.25) is 0 Å². The van der Waals surface area contributed by atoms with Gasteiger partial charge in [0, 0.05) is 4.58 Å². The van der Waals surface area contributed by atoms with Crippen molar-refractivity contribution >= 4 is 42.1 Å². The van der Waals surface area contributed by atoms with Gasteiger partial charge in [-0.2, -0.15) is 0 Å². The van der Waals surface area contributed by atoms with Crippen LogP contribution in [-0.2, 0) is 9.53 Å². The first kappa shape index (κ1) is 15.8. The number of benzene rings is 1. The molecule has 1 aromatic rings. The minimum absolute atomic E-state index is 0.0240. The Morgan fingerprint density at radius 2 is 2.06 bits per heavy atom. The molecule has 5 heteroatoms. The minimum atomic E-state index is -0.157. The van der Waals surface area contributed by atoms with E-state index < -0.39 is 0 Å². The summed E-state index contributed by atoms with van der Waals surface area (Å²) in [6, 6.07) is 10.0. The van der Waals surface area contributed by atoms with Crippen LogP contribution >= 0.6 is 36.2 Å². The lowest BCUT2D eigenvalue weighted by Crippen LogP contribution is -2.08. The Labute approximate surface area is 123 Å². The van der Waals surface area contributed by atoms with Crippen molar-refractivity contribution in [1.29, 1.82) is 0 Å². The van der Waals surface area contributed by atoms with Crippen molar-refractivity contribution in [1.82, 2.24) is 0 Å². The monoisotopic (exact) mass is 301 g/mol. The third kappa shape index (κ3) is 6.07. The standard InChI is InChI=1S/C13H17O2S3/c1-3-15-12(14)9-17-10(2)18-13(16)11-7-5-4-6-8-11/h4-8,10,13H,3,9H2,1-2H3. The van der Waals surface area contributed by atoms with E-state index >= 15 is 0 Å². The molecule has 2 unspecified atom stereocenters. The molecule has 2 atom stereocenters. The second-order valence-corrected chi connectivity index (χ2v) is 7.41. The summed E-state index contributed by atoms with van der Waals surface area (Å²) in [4.78, 5) is 11.2. The van der Waals surface area contributed by atoms with E-state index in [-0.39, 0.29) is 15.1 Å². The summed E-state index contributed by atoms with van der Waals surface area (Å²) in [5.41, 5.74) is 1.14. The lowest BCUT2D eigenvalue weighted by atomic mass is 10.2. The number of ether oxygens (including phenoxy) is 1. The van der Waals surface area contributed by atoms with Crippen molar-refractivity contribution in [3.05, 3.63) is 35.9 Å². The predicted molar refractivity (Wildman–Crippen MR) is 82.9 cm³/mol. The van der Waals surface area contributed by atoms with Crippen molar-refractivity contribution in [2.75, 3.05) is 12.4 Å². The van der Waals surface area contributed by atoms with Gasteiger partial charge >= 0.3 is 5.97 Å². The fourth-order valence-electron chi connectivity index (χ4n) is 1.29. The summed E-state index contributed by atoms with van der Waals surface area (Å²) in [6.07, 6.45) is 0. The Balaban J connectivity index is 2.32. The number of carbonyl (C=O) groups is 1. The summed E-state index contributed by atoms with van der Waals surface area (Å²) < 4.78 is 5.19. The molecule has 1 radical (unpaired) electrons. The van der Waals surface area contributed by atoms with Gasteiger partial charge in [-0.15, -0.1) is 23.5 Å². The SMILES string of the molecule is CCOC(=O)CSC(C)SC([S])c1ccccc1. The van der Waals surface area contributed by atoms with Gasteiger partial charge in [-0.1, -0.05) is 43.0 Å². The molecule has 0 aliphatic rings. The summed E-state index contributed by atoms with van der Waals surface area (Å²) >= 11 is 8.70. The molecule has 0 fully saturated rings. The molecule has 0 saturated carbocycles. The van der Waals surface area contributed by atoms with Gasteiger partial charge in [-0.25, -0.2) is 0 Å². The molecule has 0 N–H and O–H groups in total. The van der Waals surface area contributed by atoms with Crippen LogP contribution in [0, 0.1) is 0 Å². The van der Waals surface area contributed by atoms with Crippen molar-refractivity contribution < 1.29 is 9.53 Å². The molecule has 18 heavy (non-hydrogen) atoms. The van der Waals surface area contributed by atoms with E-state index in [1.807, 2.05) is 37.3 Å². The van der Waals surface area contributed by atoms with Crippen LogP contribution in [0.5, 0.6) is 0 Å². The Hall–Kier alpha value is -0.260. The van der Waals surface area contributed by atoms with Crippen molar-refractivity contribution in [3.63, 3.8) is 0 Å². The first-order chi connectivity index (χ1) is 8.63. The molecule has 99 valence electrons. The van der Waals surface area contributed by atoms with Crippen molar-refractivity contribution in [3.8, 4) is 0 Å². The number of carbonyl (C=O) groups excluding carboxylic acids is 1. The molecule has 0 aromatic heterocycles. The van der Waals surface area contributed by atoms with E-state index in [2.05, 4.69) is 6.92 Å². The third-order valence-electron chi connectivity index (χ3n) is 2.13. The topological polar surface area (TPSA) is 26.3 Å². The molecule has 0 heterocycles. The third-order valence-corrected chi connectivity index (χ3v) is 5.25. The number of esters is 1. The number of rotatable bonds is 7. The van der Waals surface area contributed by atoms with E-state index in [1.54, 1.807) is 23.5 Å². The fourth-order valence-corrected chi connectivity index (χ4v) is 4.13. The number of hydrogen-bond acceptors (Lipinski definition) is 4. The molecule has 0 bridgehead atoms. The van der Waals surface area contributed by atoms with Gasteiger partial charge in [0.15, 0.2) is 0 Å². The van der Waals surface area contributed by atoms with Gasteiger partial charge in [-0.05, 0) is 19.4 Å². The zero-order valence-electron chi connectivity index (χ0n) is 10.5. The molecule has 0 aliphatic heterocycles. The highest BCUT2D eigenvalue weighted by atomic mass is 32.2. The Morgan fingerprint density at radius 3 is 2.67 bits per heavy atom. The highest BCUT2D eigenvalue weighted by molar-refractivity contribution is 8.21. The largest absolute Gasteiger partial charge is 0.465 e. The summed E-state index contributed by atoms with van der Waals surface area (Å²) in [5, 5.41) is 0. The molecule has 1 rings (SSSR count). The second-order valence-electron chi connectivity index (χ2n) is 3.56. The average Bonchev–Trinajstić information content (AvgIpc) is 2.38. The Bertz CT molecular complexity index is 357. The van der Waals surface area contributed by atoms with Gasteiger partial charge in [-0.3, -0.25) is 4.79 Å². The number of hydrogen-bond donors (Lipinski definition) is 0. The zero-order chi connectivity index (χ0) is 13.4. The lowest BCUT2D eigenvalue weighted by Gasteiger charge is -2.15. The fraction of sp³-hybridized carbons (Fsp3) is 0.462. The molecule has 0 amide bonds. The molecular weight excluding hydrogens is 284 g/mol. The maximum atomic E-state index is 11.2. The van der Waals surface area contributed by atoms with Gasteiger partial charge in [0.1, 0.15) is 0 Å². The van der Waals surface area contributed by atoms with Crippen molar-refractivity contribution in [2.45, 2.75) is 23.0 Å². The molecule has 0 spiro atoms. The second kappa shape index (κ2) is 8.77. The van der Waals surface area contributed by atoms with Gasteiger partial charge < -0.3 is 4.74 Å². The van der Waals surface area contributed by atoms with E-state index in [1.165, 1.54) is 0 Å². The van der Waals surface area contributed by atoms with Gasteiger partial charge in [0.05, 0.1) is 16.9 Å². The minimum Gasteiger partial charge on any atom is -0.465 e. The van der Waals surface area contributed by atoms with Crippen LogP contribution in [0.3, 0.4) is 0 Å². The summed E-state index contributed by atoms with van der Waals surface area (Å²) in [7, 11) is 0. The van der Waals surface area contributed by atoms with Gasteiger partial charge in [0.25, 0.3) is 0 Å². The smallest absolute Gasteiger partial charge is 0.315 e. The van der Waals surface area contributed by atoms with Crippen LogP contribution in [0.25, 0.3) is 0 Å². The maximum absolute atomic E-state index is 11.2. The molecule has 1 aromatic carbocycles. The van der Waals surface area contributed by atoms with Crippen LogP contribution in [0.4, 0.5) is 0 Å². The van der Waals surface area contributed by atoms with Crippen LogP contribution in [0.1, 0.15) is 24.0 Å². The van der Waals surface area contributed by atoms with Crippen molar-refractivity contribution in [2.24, 2.45) is 0 Å². The highest BCUT2D eigenvalue weighted by Crippen LogP contribution is 2.39. The maximum Gasteiger partial charge on any atom is 0.315 e. The van der Waals surface area contributed by atoms with E-state index in [4.69, 9.17) is 17.4 Å². The normalized spacial score (nSPS) is 13.9. The lowest BCUT2D eigenvalue weighted by molar-refractivity contribution is -0.139. The molecule has 0 aliphatic carbocycles. The average molecular weight is 301 g/mol. The number of thioether (sulfide) groups is 2. The highest BCUT2D eigenvalue weighted by Gasteiger charge is 2.14. The first-order valence-corrected chi connectivity index (χ1v) is 8.23.